The van der Waals surface area contributed by atoms with Crippen LogP contribution in [0.15, 0.2) is 12.1 Å². The van der Waals surface area contributed by atoms with Crippen LogP contribution in [0.3, 0.4) is 0 Å². The minimum absolute atomic E-state index is 0.130. The Bertz CT molecular complexity index is 659. The van der Waals surface area contributed by atoms with Crippen molar-refractivity contribution < 1.29 is 22.3 Å². The Morgan fingerprint density at radius 1 is 0.964 bits per heavy atom. The van der Waals surface area contributed by atoms with E-state index in [9.17, 15) is 17.6 Å². The highest BCUT2D eigenvalue weighted by Crippen LogP contribution is 2.66. The van der Waals surface area contributed by atoms with E-state index >= 15 is 0 Å². The first-order chi connectivity index (χ1) is 13.4. The van der Waals surface area contributed by atoms with Gasteiger partial charge in [-0.05, 0) is 85.3 Å². The molecule has 0 unspecified atom stereocenters. The van der Waals surface area contributed by atoms with Crippen molar-refractivity contribution in [2.24, 2.45) is 23.2 Å². The lowest BCUT2D eigenvalue weighted by Gasteiger charge is -2.60. The van der Waals surface area contributed by atoms with Crippen molar-refractivity contribution in [3.05, 3.63) is 29.3 Å². The van der Waals surface area contributed by atoms with Crippen molar-refractivity contribution >= 4 is 0 Å². The molecule has 3 saturated carbocycles. The first kappa shape index (κ1) is 20.0. The maximum atomic E-state index is 14.0. The smallest absolute Gasteiger partial charge is 0.387 e. The molecule has 0 aliphatic heterocycles. The zero-order valence-electron chi connectivity index (χ0n) is 16.5. The molecular weight excluding hydrogens is 368 g/mol. The minimum atomic E-state index is -3.23. The molecule has 1 nitrogen and oxygen atoms in total. The summed E-state index contributed by atoms with van der Waals surface area (Å²) in [4.78, 5) is 0. The number of rotatable bonds is 6. The molecule has 5 heteroatoms. The Morgan fingerprint density at radius 3 is 2.11 bits per heavy atom. The summed E-state index contributed by atoms with van der Waals surface area (Å²) in [6.07, 6.45) is 12.6. The molecule has 0 atom stereocenters. The van der Waals surface area contributed by atoms with Gasteiger partial charge in [-0.2, -0.15) is 8.78 Å². The molecule has 1 aromatic rings. The van der Waals surface area contributed by atoms with Crippen molar-refractivity contribution in [2.45, 2.75) is 83.7 Å². The van der Waals surface area contributed by atoms with E-state index in [1.807, 2.05) is 0 Å². The van der Waals surface area contributed by atoms with Gasteiger partial charge < -0.3 is 4.74 Å². The molecule has 156 valence electrons. The predicted octanol–water partition coefficient (Wildman–Crippen LogP) is 7.45. The van der Waals surface area contributed by atoms with E-state index in [1.54, 1.807) is 0 Å². The van der Waals surface area contributed by atoms with Gasteiger partial charge in [0.25, 0.3) is 0 Å². The Morgan fingerprint density at radius 2 is 1.57 bits per heavy atom. The molecule has 1 aromatic carbocycles. The highest BCUT2D eigenvalue weighted by Gasteiger charge is 2.54. The van der Waals surface area contributed by atoms with Crippen molar-refractivity contribution in [1.29, 1.82) is 0 Å². The van der Waals surface area contributed by atoms with Crippen LogP contribution >= 0.6 is 0 Å². The summed E-state index contributed by atoms with van der Waals surface area (Å²) < 4.78 is 56.4. The summed E-state index contributed by atoms with van der Waals surface area (Å²) >= 11 is 0. The van der Waals surface area contributed by atoms with Crippen LogP contribution in [-0.2, 0) is 0 Å². The largest absolute Gasteiger partial charge is 0.429 e. The topological polar surface area (TPSA) is 9.23 Å². The fraction of sp³-hybridized carbons (Fsp3) is 0.739. The van der Waals surface area contributed by atoms with Crippen LogP contribution in [0.2, 0.25) is 0 Å². The monoisotopic (exact) mass is 398 g/mol. The maximum absolute atomic E-state index is 14.0. The fourth-order valence-electron chi connectivity index (χ4n) is 6.31. The lowest BCUT2D eigenvalue weighted by atomic mass is 9.45. The number of alkyl halides is 2. The van der Waals surface area contributed by atoms with Crippen LogP contribution in [0, 0.1) is 34.8 Å². The molecule has 3 aliphatic carbocycles. The maximum Gasteiger partial charge on any atom is 0.387 e. The van der Waals surface area contributed by atoms with Gasteiger partial charge in [0, 0.05) is 0 Å². The zero-order valence-corrected chi connectivity index (χ0v) is 16.5. The van der Waals surface area contributed by atoms with Crippen LogP contribution in [0.25, 0.3) is 0 Å². The normalized spacial score (nSPS) is 34.9. The summed E-state index contributed by atoms with van der Waals surface area (Å²) in [5.74, 6) is -0.276. The lowest BCUT2D eigenvalue weighted by molar-refractivity contribution is -0.0728. The molecular formula is C23H30F4O. The van der Waals surface area contributed by atoms with Crippen LogP contribution in [0.1, 0.15) is 82.6 Å². The van der Waals surface area contributed by atoms with E-state index in [0.717, 1.165) is 30.6 Å². The Labute approximate surface area is 164 Å². The number of benzene rings is 1. The van der Waals surface area contributed by atoms with Crippen LogP contribution in [0.4, 0.5) is 17.6 Å². The first-order valence-electron chi connectivity index (χ1n) is 10.8. The van der Waals surface area contributed by atoms with E-state index in [2.05, 4.69) is 11.7 Å². The molecule has 0 amide bonds. The zero-order chi connectivity index (χ0) is 19.9. The number of ether oxygens (including phenoxy) is 1. The number of halogens is 4. The molecule has 4 rings (SSSR count). The van der Waals surface area contributed by atoms with Gasteiger partial charge in [-0.3, -0.25) is 0 Å². The second kappa shape index (κ2) is 7.87. The lowest BCUT2D eigenvalue weighted by Crippen LogP contribution is -2.49. The van der Waals surface area contributed by atoms with Gasteiger partial charge in [-0.15, -0.1) is 0 Å². The van der Waals surface area contributed by atoms with Crippen molar-refractivity contribution in [2.75, 3.05) is 0 Å². The first-order valence-corrected chi connectivity index (χ1v) is 10.8. The van der Waals surface area contributed by atoms with Crippen LogP contribution < -0.4 is 4.74 Å². The third-order valence-electron chi connectivity index (χ3n) is 7.70. The van der Waals surface area contributed by atoms with E-state index < -0.39 is 24.0 Å². The Kier molecular flexibility index (Phi) is 5.63. The summed E-state index contributed by atoms with van der Waals surface area (Å²) in [5, 5.41) is 0. The van der Waals surface area contributed by atoms with Crippen molar-refractivity contribution in [3.63, 3.8) is 0 Å². The van der Waals surface area contributed by atoms with E-state index in [-0.39, 0.29) is 5.92 Å². The van der Waals surface area contributed by atoms with Gasteiger partial charge in [0.2, 0.25) is 0 Å². The van der Waals surface area contributed by atoms with Crippen LogP contribution in [-0.4, -0.2) is 6.61 Å². The second-order valence-electron chi connectivity index (χ2n) is 9.54. The average Bonchev–Trinajstić information content (AvgIpc) is 2.57. The summed E-state index contributed by atoms with van der Waals surface area (Å²) in [7, 11) is 0. The quantitative estimate of drug-likeness (QED) is 0.452. The molecule has 0 N–H and O–H groups in total. The highest BCUT2D eigenvalue weighted by molar-refractivity contribution is 5.35. The minimum Gasteiger partial charge on any atom is -0.429 e. The summed E-state index contributed by atoms with van der Waals surface area (Å²) in [6.45, 7) is -0.961. The van der Waals surface area contributed by atoms with E-state index in [4.69, 9.17) is 0 Å². The van der Waals surface area contributed by atoms with Gasteiger partial charge in [0.15, 0.2) is 17.4 Å². The predicted molar refractivity (Wildman–Crippen MR) is 100 cm³/mol. The van der Waals surface area contributed by atoms with Gasteiger partial charge in [-0.1, -0.05) is 32.6 Å². The standard InChI is InChI=1S/C23H30F4O/c1-2-3-14-4-6-15(7-5-14)17-10-23(11-17)12-18(13-23)16-8-19(24)21(20(25)9-16)28-22(26)27/h8-9,14-15,17-18,22H,2-7,10-13H2,1H3/t14-,15-,17?,18?,23?. The van der Waals surface area contributed by atoms with Crippen molar-refractivity contribution in [3.8, 4) is 5.75 Å². The Balaban J connectivity index is 1.28. The van der Waals surface area contributed by atoms with Gasteiger partial charge in [0.05, 0.1) is 0 Å². The Hall–Kier alpha value is -1.26. The number of hydrogen-bond donors (Lipinski definition) is 0. The SMILES string of the molecule is CCC[C@H]1CC[C@H](C2CC3(CC(c4cc(F)c(OC(F)F)c(F)c4)C3)C2)CC1. The van der Waals surface area contributed by atoms with E-state index in [1.165, 1.54) is 63.5 Å². The fourth-order valence-corrected chi connectivity index (χ4v) is 6.31. The molecule has 0 bridgehead atoms. The molecule has 1 spiro atoms. The summed E-state index contributed by atoms with van der Waals surface area (Å²) in [6, 6.07) is 2.34. The molecule has 3 aliphatic rings. The summed E-state index contributed by atoms with van der Waals surface area (Å²) in [5.41, 5.74) is 0.937. The molecule has 0 aromatic heterocycles. The third kappa shape index (κ3) is 3.91. The van der Waals surface area contributed by atoms with Crippen molar-refractivity contribution in [1.82, 2.24) is 0 Å². The second-order valence-corrected chi connectivity index (χ2v) is 9.54. The van der Waals surface area contributed by atoms with Gasteiger partial charge in [0.1, 0.15) is 0 Å². The highest BCUT2D eigenvalue weighted by atomic mass is 19.3. The molecule has 28 heavy (non-hydrogen) atoms. The van der Waals surface area contributed by atoms with Gasteiger partial charge >= 0.3 is 6.61 Å². The third-order valence-corrected chi connectivity index (χ3v) is 7.70. The molecule has 0 radical (unpaired) electrons. The average molecular weight is 398 g/mol. The molecule has 3 fully saturated rings. The van der Waals surface area contributed by atoms with Gasteiger partial charge in [-0.25, -0.2) is 8.78 Å². The molecule has 0 heterocycles. The molecule has 0 saturated heterocycles. The van der Waals surface area contributed by atoms with Crippen LogP contribution in [0.5, 0.6) is 5.75 Å². The number of hydrogen-bond acceptors (Lipinski definition) is 1. The van der Waals surface area contributed by atoms with E-state index in [0.29, 0.717) is 11.0 Å².